The molecule has 2 aliphatic carbocycles. The largest absolute Gasteiger partial charge is 0.343 e. The van der Waals surface area contributed by atoms with Crippen molar-refractivity contribution in [2.75, 3.05) is 7.05 Å². The zero-order valence-corrected chi connectivity index (χ0v) is 12.6. The summed E-state index contributed by atoms with van der Waals surface area (Å²) >= 11 is 12.2. The molecule has 2 aliphatic rings. The summed E-state index contributed by atoms with van der Waals surface area (Å²) in [5.41, 5.74) is 0. The summed E-state index contributed by atoms with van der Waals surface area (Å²) < 4.78 is 0. The van der Waals surface area contributed by atoms with Crippen LogP contribution in [0.25, 0.3) is 0 Å². The average molecular weight is 292 g/mol. The van der Waals surface area contributed by atoms with Crippen molar-refractivity contribution in [2.24, 2.45) is 5.92 Å². The van der Waals surface area contributed by atoms with Gasteiger partial charge in [-0.1, -0.05) is 0 Å². The number of nitrogens with zero attached hydrogens (tertiary/aromatic N) is 1. The molecule has 2 saturated carbocycles. The number of alkyl halides is 2. The van der Waals surface area contributed by atoms with Crippen molar-refractivity contribution in [1.82, 2.24) is 4.90 Å². The summed E-state index contributed by atoms with van der Waals surface area (Å²) in [6.07, 6.45) is 8.09. The maximum atomic E-state index is 12.4. The van der Waals surface area contributed by atoms with Crippen LogP contribution in [0.3, 0.4) is 0 Å². The van der Waals surface area contributed by atoms with Gasteiger partial charge >= 0.3 is 0 Å². The molecule has 2 rings (SSSR count). The second-order valence-corrected chi connectivity index (χ2v) is 7.04. The molecule has 1 amide bonds. The predicted octanol–water partition coefficient (Wildman–Crippen LogP) is 3.79. The minimum Gasteiger partial charge on any atom is -0.343 e. The lowest BCUT2D eigenvalue weighted by molar-refractivity contribution is -0.137. The Morgan fingerprint density at radius 1 is 0.889 bits per heavy atom. The number of amides is 1. The Hall–Kier alpha value is 0.0500. The maximum absolute atomic E-state index is 12.4. The third-order valence-electron chi connectivity index (χ3n) is 4.53. The van der Waals surface area contributed by atoms with Gasteiger partial charge in [0.25, 0.3) is 0 Å². The molecule has 0 bridgehead atoms. The molecule has 104 valence electrons. The Kier molecular flexibility index (Phi) is 5.20. The summed E-state index contributed by atoms with van der Waals surface area (Å²) in [4.78, 5) is 14.4. The van der Waals surface area contributed by atoms with E-state index in [0.717, 1.165) is 51.4 Å². The van der Waals surface area contributed by atoms with E-state index in [2.05, 4.69) is 0 Å². The molecule has 0 aromatic carbocycles. The highest BCUT2D eigenvalue weighted by molar-refractivity contribution is 6.20. The molecule has 4 heteroatoms. The van der Waals surface area contributed by atoms with Crippen LogP contribution in [-0.2, 0) is 4.79 Å². The second kappa shape index (κ2) is 6.47. The van der Waals surface area contributed by atoms with Gasteiger partial charge in [0.15, 0.2) is 0 Å². The Labute approximate surface area is 120 Å². The lowest BCUT2D eigenvalue weighted by atomic mass is 9.86. The molecule has 0 radical (unpaired) electrons. The first kappa shape index (κ1) is 14.5. The molecule has 0 atom stereocenters. The van der Waals surface area contributed by atoms with Crippen LogP contribution in [0, 0.1) is 5.92 Å². The van der Waals surface area contributed by atoms with Crippen LogP contribution in [0.5, 0.6) is 0 Å². The molecule has 0 aromatic rings. The fourth-order valence-electron chi connectivity index (χ4n) is 3.19. The lowest BCUT2D eigenvalue weighted by Gasteiger charge is -2.36. The molecule has 0 aromatic heterocycles. The van der Waals surface area contributed by atoms with Gasteiger partial charge in [-0.2, -0.15) is 0 Å². The van der Waals surface area contributed by atoms with Crippen LogP contribution in [-0.4, -0.2) is 34.7 Å². The van der Waals surface area contributed by atoms with Gasteiger partial charge < -0.3 is 4.90 Å². The Balaban J connectivity index is 1.84. The van der Waals surface area contributed by atoms with Crippen molar-refractivity contribution in [3.05, 3.63) is 0 Å². The third-order valence-corrected chi connectivity index (χ3v) is 5.40. The van der Waals surface area contributed by atoms with Crippen molar-refractivity contribution in [3.8, 4) is 0 Å². The van der Waals surface area contributed by atoms with E-state index < -0.39 is 0 Å². The van der Waals surface area contributed by atoms with E-state index >= 15 is 0 Å². The molecular formula is C14H23Cl2NO. The normalized spacial score (nSPS) is 37.3. The summed E-state index contributed by atoms with van der Waals surface area (Å²) in [6.45, 7) is 0. The molecule has 0 unspecified atom stereocenters. The van der Waals surface area contributed by atoms with Gasteiger partial charge in [-0.25, -0.2) is 0 Å². The van der Waals surface area contributed by atoms with Crippen LogP contribution in [0.1, 0.15) is 51.4 Å². The van der Waals surface area contributed by atoms with Gasteiger partial charge in [-0.05, 0) is 51.4 Å². The minimum absolute atomic E-state index is 0.207. The van der Waals surface area contributed by atoms with Gasteiger partial charge in [-0.3, -0.25) is 4.79 Å². The van der Waals surface area contributed by atoms with E-state index in [1.54, 1.807) is 0 Å². The molecule has 0 heterocycles. The number of hydrogen-bond acceptors (Lipinski definition) is 1. The first-order valence-electron chi connectivity index (χ1n) is 7.12. The van der Waals surface area contributed by atoms with E-state index in [4.69, 9.17) is 23.2 Å². The fourth-order valence-corrected chi connectivity index (χ4v) is 3.69. The van der Waals surface area contributed by atoms with Gasteiger partial charge in [0.2, 0.25) is 5.91 Å². The smallest absolute Gasteiger partial charge is 0.225 e. The Morgan fingerprint density at radius 3 is 1.83 bits per heavy atom. The first-order valence-corrected chi connectivity index (χ1v) is 8.00. The molecule has 0 aliphatic heterocycles. The standard InChI is InChI=1S/C14H23Cl2NO/c1-17(13-8-6-12(16)7-9-13)14(18)10-2-4-11(15)5-3-10/h10-13H,2-9H2,1H3. The molecule has 18 heavy (non-hydrogen) atoms. The molecule has 0 saturated heterocycles. The molecule has 0 N–H and O–H groups in total. The Morgan fingerprint density at radius 2 is 1.33 bits per heavy atom. The van der Waals surface area contributed by atoms with Crippen molar-refractivity contribution < 1.29 is 4.79 Å². The highest BCUT2D eigenvalue weighted by Gasteiger charge is 2.31. The number of rotatable bonds is 2. The summed E-state index contributed by atoms with van der Waals surface area (Å²) in [5, 5.41) is 0.600. The summed E-state index contributed by atoms with van der Waals surface area (Å²) in [5.74, 6) is 0.537. The van der Waals surface area contributed by atoms with Crippen molar-refractivity contribution in [3.63, 3.8) is 0 Å². The minimum atomic E-state index is 0.207. The average Bonchev–Trinajstić information content (AvgIpc) is 2.39. The van der Waals surface area contributed by atoms with Crippen molar-refractivity contribution >= 4 is 29.1 Å². The van der Waals surface area contributed by atoms with Gasteiger partial charge in [0, 0.05) is 29.8 Å². The van der Waals surface area contributed by atoms with Crippen LogP contribution >= 0.6 is 23.2 Å². The van der Waals surface area contributed by atoms with E-state index in [0.29, 0.717) is 17.3 Å². The van der Waals surface area contributed by atoms with E-state index in [-0.39, 0.29) is 11.3 Å². The highest BCUT2D eigenvalue weighted by atomic mass is 35.5. The number of halogens is 2. The van der Waals surface area contributed by atoms with Gasteiger partial charge in [0.05, 0.1) is 0 Å². The van der Waals surface area contributed by atoms with E-state index in [9.17, 15) is 4.79 Å². The molecule has 0 spiro atoms. The van der Waals surface area contributed by atoms with E-state index in [1.165, 1.54) is 0 Å². The second-order valence-electron chi connectivity index (χ2n) is 5.80. The van der Waals surface area contributed by atoms with Crippen LogP contribution < -0.4 is 0 Å². The molecule has 2 nitrogen and oxygen atoms in total. The first-order chi connectivity index (χ1) is 8.58. The lowest BCUT2D eigenvalue weighted by Crippen LogP contribution is -2.43. The summed E-state index contributed by atoms with van der Waals surface area (Å²) in [7, 11) is 1.97. The molecule has 2 fully saturated rings. The van der Waals surface area contributed by atoms with Crippen molar-refractivity contribution in [1.29, 1.82) is 0 Å². The monoisotopic (exact) mass is 291 g/mol. The topological polar surface area (TPSA) is 20.3 Å². The summed E-state index contributed by atoms with van der Waals surface area (Å²) in [6, 6.07) is 0.404. The predicted molar refractivity (Wildman–Crippen MR) is 76.3 cm³/mol. The van der Waals surface area contributed by atoms with Crippen LogP contribution in [0.4, 0.5) is 0 Å². The number of hydrogen-bond donors (Lipinski definition) is 0. The van der Waals surface area contributed by atoms with Gasteiger partial charge in [0.1, 0.15) is 0 Å². The number of carbonyl (C=O) groups excluding carboxylic acids is 1. The zero-order chi connectivity index (χ0) is 13.1. The van der Waals surface area contributed by atoms with Gasteiger partial charge in [-0.15, -0.1) is 23.2 Å². The quantitative estimate of drug-likeness (QED) is 0.709. The maximum Gasteiger partial charge on any atom is 0.225 e. The fraction of sp³-hybridized carbons (Fsp3) is 0.929. The van der Waals surface area contributed by atoms with Crippen molar-refractivity contribution in [2.45, 2.75) is 68.2 Å². The van der Waals surface area contributed by atoms with Crippen LogP contribution in [0.2, 0.25) is 0 Å². The Bertz CT molecular complexity index is 282. The van der Waals surface area contributed by atoms with Crippen LogP contribution in [0.15, 0.2) is 0 Å². The highest BCUT2D eigenvalue weighted by Crippen LogP contribution is 2.31. The number of carbonyl (C=O) groups is 1. The zero-order valence-electron chi connectivity index (χ0n) is 11.1. The van der Waals surface area contributed by atoms with E-state index in [1.807, 2.05) is 11.9 Å². The SMILES string of the molecule is CN(C(=O)C1CCC(Cl)CC1)C1CCC(Cl)CC1. The molecular weight excluding hydrogens is 269 g/mol. The third kappa shape index (κ3) is 3.54.